The summed E-state index contributed by atoms with van der Waals surface area (Å²) in [4.78, 5) is 21.6. The summed E-state index contributed by atoms with van der Waals surface area (Å²) in [6, 6.07) is 19.5. The zero-order valence-electron chi connectivity index (χ0n) is 18.0. The van der Waals surface area contributed by atoms with Crippen molar-refractivity contribution in [1.82, 2.24) is 9.88 Å². The number of nitrogens with zero attached hydrogens (tertiary/aromatic N) is 3. The molecule has 3 aromatic carbocycles. The van der Waals surface area contributed by atoms with E-state index in [1.807, 2.05) is 11.0 Å². The average Bonchev–Trinajstić information content (AvgIpc) is 3.30. The number of thiazole rings is 1. The number of carbonyl (C=O) groups is 1. The second-order valence-corrected chi connectivity index (χ2v) is 10.5. The van der Waals surface area contributed by atoms with E-state index >= 15 is 0 Å². The number of aromatic nitrogens is 1. The molecule has 34 heavy (non-hydrogen) atoms. The summed E-state index contributed by atoms with van der Waals surface area (Å²) < 4.78 is 42.9. The number of sulfonamides is 1. The van der Waals surface area contributed by atoms with Crippen LogP contribution in [-0.4, -0.2) is 50.4 Å². The van der Waals surface area contributed by atoms with Crippen LogP contribution in [0.15, 0.2) is 77.7 Å². The van der Waals surface area contributed by atoms with Gasteiger partial charge in [0.15, 0.2) is 5.13 Å². The van der Waals surface area contributed by atoms with Crippen molar-refractivity contribution in [1.29, 1.82) is 0 Å². The number of halogens is 1. The van der Waals surface area contributed by atoms with Gasteiger partial charge in [-0.25, -0.2) is 17.8 Å². The highest BCUT2D eigenvalue weighted by Crippen LogP contribution is 2.31. The van der Waals surface area contributed by atoms with Crippen molar-refractivity contribution < 1.29 is 17.6 Å². The standard InChI is InChI=1S/C24H21FN4O3S2/c25-19-10-6-12-21-22(19)26-24(33-21)29-15-13-28(14-16-29)23(30)18-9-4-5-11-20(18)27-34(31,32)17-7-2-1-3-8-17/h1-12,27H,13-16H2. The summed E-state index contributed by atoms with van der Waals surface area (Å²) in [5, 5.41) is 0.725. The lowest BCUT2D eigenvalue weighted by Crippen LogP contribution is -2.48. The predicted octanol–water partition coefficient (Wildman–Crippen LogP) is 4.20. The van der Waals surface area contributed by atoms with Crippen LogP contribution in [0.3, 0.4) is 0 Å². The Bertz CT molecular complexity index is 1450. The number of carbonyl (C=O) groups excluding carboxylic acids is 1. The molecule has 10 heteroatoms. The van der Waals surface area contributed by atoms with Crippen LogP contribution in [0.1, 0.15) is 10.4 Å². The highest BCUT2D eigenvalue weighted by atomic mass is 32.2. The first-order valence-electron chi connectivity index (χ1n) is 10.7. The summed E-state index contributed by atoms with van der Waals surface area (Å²) in [5.74, 6) is -0.593. The first-order chi connectivity index (χ1) is 16.4. The van der Waals surface area contributed by atoms with Crippen molar-refractivity contribution in [3.8, 4) is 0 Å². The van der Waals surface area contributed by atoms with E-state index < -0.39 is 10.0 Å². The molecule has 1 aliphatic rings. The highest BCUT2D eigenvalue weighted by Gasteiger charge is 2.26. The molecule has 1 aliphatic heterocycles. The zero-order chi connectivity index (χ0) is 23.7. The molecule has 0 atom stereocenters. The highest BCUT2D eigenvalue weighted by molar-refractivity contribution is 7.92. The van der Waals surface area contributed by atoms with Gasteiger partial charge in [-0.3, -0.25) is 9.52 Å². The van der Waals surface area contributed by atoms with E-state index in [9.17, 15) is 17.6 Å². The van der Waals surface area contributed by atoms with Crippen LogP contribution < -0.4 is 9.62 Å². The molecule has 1 N–H and O–H groups in total. The third kappa shape index (κ3) is 4.34. The molecule has 174 valence electrons. The summed E-state index contributed by atoms with van der Waals surface area (Å²) in [7, 11) is -3.83. The lowest BCUT2D eigenvalue weighted by molar-refractivity contribution is 0.0748. The number of rotatable bonds is 5. The molecule has 1 amide bonds. The summed E-state index contributed by atoms with van der Waals surface area (Å²) in [5.41, 5.74) is 0.888. The van der Waals surface area contributed by atoms with Gasteiger partial charge in [0, 0.05) is 26.2 Å². The second-order valence-electron chi connectivity index (χ2n) is 7.83. The quantitative estimate of drug-likeness (QED) is 0.448. The van der Waals surface area contributed by atoms with E-state index in [1.54, 1.807) is 53.4 Å². The number of anilines is 2. The van der Waals surface area contributed by atoms with Crippen LogP contribution in [0.5, 0.6) is 0 Å². The van der Waals surface area contributed by atoms with Crippen LogP contribution in [0.2, 0.25) is 0 Å². The van der Waals surface area contributed by atoms with E-state index in [2.05, 4.69) is 9.71 Å². The molecule has 4 aromatic rings. The average molecular weight is 497 g/mol. The van der Waals surface area contributed by atoms with Crippen LogP contribution in [0, 0.1) is 5.82 Å². The topological polar surface area (TPSA) is 82.6 Å². The molecule has 1 fully saturated rings. The van der Waals surface area contributed by atoms with Gasteiger partial charge in [0.05, 0.1) is 20.8 Å². The van der Waals surface area contributed by atoms with Gasteiger partial charge in [0.1, 0.15) is 11.3 Å². The van der Waals surface area contributed by atoms with E-state index in [1.165, 1.54) is 29.5 Å². The largest absolute Gasteiger partial charge is 0.345 e. The molecule has 0 radical (unpaired) electrons. The molecule has 0 saturated carbocycles. The molecule has 0 unspecified atom stereocenters. The molecule has 2 heterocycles. The number of benzene rings is 3. The number of fused-ring (bicyclic) bond motifs is 1. The third-order valence-electron chi connectivity index (χ3n) is 5.65. The minimum atomic E-state index is -3.83. The van der Waals surface area contributed by atoms with Gasteiger partial charge >= 0.3 is 0 Å². The Kier molecular flexibility index (Phi) is 5.93. The van der Waals surface area contributed by atoms with Crippen LogP contribution in [-0.2, 0) is 10.0 Å². The van der Waals surface area contributed by atoms with Gasteiger partial charge in [0.25, 0.3) is 15.9 Å². The maximum atomic E-state index is 14.0. The smallest absolute Gasteiger partial charge is 0.261 e. The third-order valence-corrected chi connectivity index (χ3v) is 8.11. The Morgan fingerprint density at radius 1 is 0.912 bits per heavy atom. The SMILES string of the molecule is O=C(c1ccccc1NS(=O)(=O)c1ccccc1)N1CCN(c2nc3c(F)cccc3s2)CC1. The normalized spacial score (nSPS) is 14.4. The fraction of sp³-hybridized carbons (Fsp3) is 0.167. The van der Waals surface area contributed by atoms with Gasteiger partial charge < -0.3 is 9.80 Å². The maximum absolute atomic E-state index is 14.0. The molecular formula is C24H21FN4O3S2. The van der Waals surface area contributed by atoms with Gasteiger partial charge in [0.2, 0.25) is 0 Å². The van der Waals surface area contributed by atoms with Crippen molar-refractivity contribution in [2.45, 2.75) is 4.90 Å². The van der Waals surface area contributed by atoms with Crippen molar-refractivity contribution in [2.75, 3.05) is 35.8 Å². The van der Waals surface area contributed by atoms with Crippen LogP contribution >= 0.6 is 11.3 Å². The molecule has 0 bridgehead atoms. The zero-order valence-corrected chi connectivity index (χ0v) is 19.7. The van der Waals surface area contributed by atoms with Gasteiger partial charge in [-0.1, -0.05) is 47.7 Å². The van der Waals surface area contributed by atoms with Crippen molar-refractivity contribution >= 4 is 48.3 Å². The first-order valence-corrected chi connectivity index (χ1v) is 13.0. The van der Waals surface area contributed by atoms with E-state index in [0.717, 1.165) is 9.83 Å². The van der Waals surface area contributed by atoms with Crippen molar-refractivity contribution in [3.63, 3.8) is 0 Å². The predicted molar refractivity (Wildman–Crippen MR) is 131 cm³/mol. The van der Waals surface area contributed by atoms with Gasteiger partial charge in [-0.15, -0.1) is 0 Å². The summed E-state index contributed by atoms with van der Waals surface area (Å²) in [6.07, 6.45) is 0. The van der Waals surface area contributed by atoms with Crippen LogP contribution in [0.25, 0.3) is 10.2 Å². The van der Waals surface area contributed by atoms with Crippen molar-refractivity contribution in [3.05, 3.63) is 84.2 Å². The number of nitrogens with one attached hydrogen (secondary N) is 1. The molecule has 0 aliphatic carbocycles. The summed E-state index contributed by atoms with van der Waals surface area (Å²) >= 11 is 1.43. The Hall–Kier alpha value is -3.50. The van der Waals surface area contributed by atoms with E-state index in [-0.39, 0.29) is 27.9 Å². The number of amides is 1. The minimum absolute atomic E-state index is 0.123. The van der Waals surface area contributed by atoms with E-state index in [0.29, 0.717) is 31.7 Å². The Morgan fingerprint density at radius 3 is 2.35 bits per heavy atom. The molecule has 5 rings (SSSR count). The number of piperazine rings is 1. The Morgan fingerprint density at radius 2 is 1.62 bits per heavy atom. The molecule has 0 spiro atoms. The van der Waals surface area contributed by atoms with Crippen LogP contribution in [0.4, 0.5) is 15.2 Å². The maximum Gasteiger partial charge on any atom is 0.261 e. The Labute approximate surface area is 200 Å². The molecule has 7 nitrogen and oxygen atoms in total. The van der Waals surface area contributed by atoms with Crippen molar-refractivity contribution in [2.24, 2.45) is 0 Å². The molecule has 1 saturated heterocycles. The second kappa shape index (κ2) is 9.03. The molecular weight excluding hydrogens is 475 g/mol. The lowest BCUT2D eigenvalue weighted by Gasteiger charge is -2.34. The number of hydrogen-bond donors (Lipinski definition) is 1. The lowest BCUT2D eigenvalue weighted by atomic mass is 10.1. The van der Waals surface area contributed by atoms with E-state index in [4.69, 9.17) is 0 Å². The molecule has 1 aromatic heterocycles. The minimum Gasteiger partial charge on any atom is -0.345 e. The number of para-hydroxylation sites is 2. The monoisotopic (exact) mass is 496 g/mol. The first kappa shape index (κ1) is 22.3. The fourth-order valence-corrected chi connectivity index (χ4v) is 6.00. The number of hydrogen-bond acceptors (Lipinski definition) is 6. The van der Waals surface area contributed by atoms with Gasteiger partial charge in [-0.2, -0.15) is 0 Å². The summed E-state index contributed by atoms with van der Waals surface area (Å²) in [6.45, 7) is 1.98. The Balaban J connectivity index is 1.31. The van der Waals surface area contributed by atoms with Gasteiger partial charge in [-0.05, 0) is 36.4 Å². The fourth-order valence-electron chi connectivity index (χ4n) is 3.87.